The molecule has 0 saturated heterocycles. The molecule has 118 valence electrons. The molecule has 23 heavy (non-hydrogen) atoms. The minimum Gasteiger partial charge on any atom is -0.340 e. The molecule has 3 aromatic rings. The van der Waals surface area contributed by atoms with E-state index in [1.807, 2.05) is 0 Å². The zero-order chi connectivity index (χ0) is 16.6. The predicted molar refractivity (Wildman–Crippen MR) is 79.2 cm³/mol. The Hall–Kier alpha value is -2.41. The first-order chi connectivity index (χ1) is 10.8. The number of para-hydroxylation sites is 1. The zero-order valence-electron chi connectivity index (χ0n) is 11.3. The normalized spacial score (nSPS) is 11.7. The molecule has 0 aliphatic heterocycles. The number of nitrogens with zero attached hydrogens (tertiary/aromatic N) is 2. The van der Waals surface area contributed by atoms with Crippen molar-refractivity contribution in [2.45, 2.75) is 6.18 Å². The quantitative estimate of drug-likeness (QED) is 0.652. The van der Waals surface area contributed by atoms with E-state index in [4.69, 9.17) is 11.6 Å². The third-order valence-electron chi connectivity index (χ3n) is 3.02. The largest absolute Gasteiger partial charge is 0.451 e. The highest BCUT2D eigenvalue weighted by atomic mass is 35.5. The molecule has 1 N–H and O–H groups in total. The second kappa shape index (κ2) is 5.66. The van der Waals surface area contributed by atoms with Crippen LogP contribution in [0.5, 0.6) is 0 Å². The number of benzene rings is 2. The van der Waals surface area contributed by atoms with Gasteiger partial charge in [-0.15, -0.1) is 0 Å². The Morgan fingerprint density at radius 2 is 1.74 bits per heavy atom. The summed E-state index contributed by atoms with van der Waals surface area (Å²) in [6.07, 6.45) is -4.79. The van der Waals surface area contributed by atoms with Gasteiger partial charge in [0.2, 0.25) is 5.82 Å². The van der Waals surface area contributed by atoms with Gasteiger partial charge in [0, 0.05) is 16.1 Å². The fourth-order valence-electron chi connectivity index (χ4n) is 2.04. The lowest BCUT2D eigenvalue weighted by molar-refractivity contribution is -0.144. The number of nitrogens with one attached hydrogen (secondary N) is 1. The topological polar surface area (TPSA) is 37.8 Å². The fraction of sp³-hybridized carbons (Fsp3) is 0.0667. The van der Waals surface area contributed by atoms with Crippen LogP contribution in [0.1, 0.15) is 5.82 Å². The number of hydrogen-bond donors (Lipinski definition) is 1. The Bertz CT molecular complexity index is 880. The average Bonchev–Trinajstić information content (AvgIpc) is 2.47. The van der Waals surface area contributed by atoms with E-state index < -0.39 is 23.3 Å². The van der Waals surface area contributed by atoms with Gasteiger partial charge in [0.1, 0.15) is 17.2 Å². The van der Waals surface area contributed by atoms with Crippen LogP contribution in [0, 0.1) is 5.82 Å². The van der Waals surface area contributed by atoms with Crippen molar-refractivity contribution in [1.29, 1.82) is 0 Å². The SMILES string of the molecule is Fc1cccc2c(Nc3cccc(Cl)c3)nc(C(F)(F)F)nc12. The van der Waals surface area contributed by atoms with Gasteiger partial charge in [0.15, 0.2) is 0 Å². The Morgan fingerprint density at radius 3 is 2.43 bits per heavy atom. The summed E-state index contributed by atoms with van der Waals surface area (Å²) in [5.74, 6) is -2.42. The van der Waals surface area contributed by atoms with Gasteiger partial charge < -0.3 is 5.32 Å². The lowest BCUT2D eigenvalue weighted by atomic mass is 10.2. The van der Waals surface area contributed by atoms with E-state index in [-0.39, 0.29) is 11.2 Å². The second-order valence-electron chi connectivity index (χ2n) is 4.66. The summed E-state index contributed by atoms with van der Waals surface area (Å²) in [5, 5.41) is 3.26. The van der Waals surface area contributed by atoms with Crippen molar-refractivity contribution in [2.24, 2.45) is 0 Å². The second-order valence-corrected chi connectivity index (χ2v) is 5.10. The number of rotatable bonds is 2. The van der Waals surface area contributed by atoms with Crippen molar-refractivity contribution in [1.82, 2.24) is 9.97 Å². The number of halogens is 5. The molecule has 3 nitrogen and oxygen atoms in total. The number of fused-ring (bicyclic) bond motifs is 1. The van der Waals surface area contributed by atoms with Gasteiger partial charge in [-0.25, -0.2) is 14.4 Å². The summed E-state index contributed by atoms with van der Waals surface area (Å²) in [7, 11) is 0. The van der Waals surface area contributed by atoms with Crippen LogP contribution in [-0.2, 0) is 6.18 Å². The van der Waals surface area contributed by atoms with Gasteiger partial charge in [-0.05, 0) is 30.3 Å². The monoisotopic (exact) mass is 341 g/mol. The van der Waals surface area contributed by atoms with Gasteiger partial charge in [0.25, 0.3) is 0 Å². The first-order valence-electron chi connectivity index (χ1n) is 6.40. The lowest BCUT2D eigenvalue weighted by Gasteiger charge is -2.12. The molecule has 0 saturated carbocycles. The van der Waals surface area contributed by atoms with Crippen molar-refractivity contribution in [3.8, 4) is 0 Å². The molecule has 2 aromatic carbocycles. The van der Waals surface area contributed by atoms with Crippen LogP contribution in [0.25, 0.3) is 10.9 Å². The molecule has 0 unspecified atom stereocenters. The van der Waals surface area contributed by atoms with Gasteiger partial charge >= 0.3 is 6.18 Å². The summed E-state index contributed by atoms with van der Waals surface area (Å²) in [6, 6.07) is 10.2. The molecule has 0 amide bonds. The summed E-state index contributed by atoms with van der Waals surface area (Å²) < 4.78 is 52.6. The molecule has 1 heterocycles. The molecular weight excluding hydrogens is 334 g/mol. The predicted octanol–water partition coefficient (Wildman–Crippen LogP) is 5.18. The van der Waals surface area contributed by atoms with E-state index in [9.17, 15) is 17.6 Å². The maximum absolute atomic E-state index is 13.8. The van der Waals surface area contributed by atoms with Crippen LogP contribution in [0.2, 0.25) is 5.02 Å². The minimum atomic E-state index is -4.79. The smallest absolute Gasteiger partial charge is 0.340 e. The van der Waals surface area contributed by atoms with E-state index >= 15 is 0 Å². The molecular formula is C15H8ClF4N3. The first kappa shape index (κ1) is 15.5. The van der Waals surface area contributed by atoms with Crippen molar-refractivity contribution >= 4 is 34.0 Å². The Balaban J connectivity index is 2.19. The summed E-state index contributed by atoms with van der Waals surface area (Å²) in [6.45, 7) is 0. The molecule has 0 atom stereocenters. The summed E-state index contributed by atoms with van der Waals surface area (Å²) in [5.41, 5.74) is 0.0224. The van der Waals surface area contributed by atoms with Crippen LogP contribution < -0.4 is 5.32 Å². The molecule has 3 rings (SSSR count). The van der Waals surface area contributed by atoms with Crippen molar-refractivity contribution in [3.05, 3.63) is 59.1 Å². The van der Waals surface area contributed by atoms with E-state index in [0.29, 0.717) is 10.7 Å². The van der Waals surface area contributed by atoms with E-state index in [0.717, 1.165) is 6.07 Å². The molecule has 0 aliphatic carbocycles. The number of anilines is 2. The summed E-state index contributed by atoms with van der Waals surface area (Å²) in [4.78, 5) is 6.77. The Labute approximate surface area is 132 Å². The highest BCUT2D eigenvalue weighted by Crippen LogP contribution is 2.32. The molecule has 0 fully saturated rings. The first-order valence-corrected chi connectivity index (χ1v) is 6.78. The molecule has 0 spiro atoms. The van der Waals surface area contributed by atoms with Crippen molar-refractivity contribution < 1.29 is 17.6 Å². The summed E-state index contributed by atoms with van der Waals surface area (Å²) >= 11 is 5.85. The maximum atomic E-state index is 13.8. The van der Waals surface area contributed by atoms with E-state index in [2.05, 4.69) is 15.3 Å². The number of hydrogen-bond acceptors (Lipinski definition) is 3. The van der Waals surface area contributed by atoms with Gasteiger partial charge in [-0.1, -0.05) is 23.7 Å². The fourth-order valence-corrected chi connectivity index (χ4v) is 2.23. The van der Waals surface area contributed by atoms with E-state index in [1.54, 1.807) is 18.2 Å². The number of alkyl halides is 3. The van der Waals surface area contributed by atoms with E-state index in [1.165, 1.54) is 18.2 Å². The molecule has 0 radical (unpaired) electrons. The highest BCUT2D eigenvalue weighted by Gasteiger charge is 2.36. The highest BCUT2D eigenvalue weighted by molar-refractivity contribution is 6.30. The Morgan fingerprint density at radius 1 is 1.00 bits per heavy atom. The maximum Gasteiger partial charge on any atom is 0.451 e. The third-order valence-corrected chi connectivity index (χ3v) is 3.25. The molecule has 0 bridgehead atoms. The molecule has 0 aliphatic rings. The average molecular weight is 342 g/mol. The van der Waals surface area contributed by atoms with Crippen LogP contribution in [0.3, 0.4) is 0 Å². The number of aromatic nitrogens is 2. The van der Waals surface area contributed by atoms with Gasteiger partial charge in [0.05, 0.1) is 0 Å². The zero-order valence-corrected chi connectivity index (χ0v) is 12.1. The lowest BCUT2D eigenvalue weighted by Crippen LogP contribution is -2.13. The van der Waals surface area contributed by atoms with Crippen molar-refractivity contribution in [2.75, 3.05) is 5.32 Å². The standard InChI is InChI=1S/C15H8ClF4N3/c16-8-3-1-4-9(7-8)21-13-10-5-2-6-11(17)12(10)22-14(23-13)15(18,19)20/h1-7H,(H,21,22,23). The van der Waals surface area contributed by atoms with Crippen LogP contribution in [-0.4, -0.2) is 9.97 Å². The minimum absolute atomic E-state index is 0.137. The van der Waals surface area contributed by atoms with Crippen LogP contribution in [0.15, 0.2) is 42.5 Å². The third kappa shape index (κ3) is 3.19. The van der Waals surface area contributed by atoms with Gasteiger partial charge in [-0.2, -0.15) is 13.2 Å². The van der Waals surface area contributed by atoms with Crippen LogP contribution >= 0.6 is 11.6 Å². The molecule has 8 heteroatoms. The van der Waals surface area contributed by atoms with Crippen LogP contribution in [0.4, 0.5) is 29.1 Å². The van der Waals surface area contributed by atoms with Crippen molar-refractivity contribution in [3.63, 3.8) is 0 Å². The molecule has 1 aromatic heterocycles. The Kier molecular flexibility index (Phi) is 3.81. The van der Waals surface area contributed by atoms with Gasteiger partial charge in [-0.3, -0.25) is 0 Å².